The number of carbonyl (C=O) groups is 1. The van der Waals surface area contributed by atoms with Gasteiger partial charge in [0.25, 0.3) is 0 Å². The number of hydrogen-bond acceptors (Lipinski definition) is 2. The second-order valence-corrected chi connectivity index (χ2v) is 6.17. The SMILES string of the molecule is O=C(O)C1CCC(NCCc2ccc(Cl)cc2Cl)CC1. The van der Waals surface area contributed by atoms with Crippen molar-refractivity contribution in [3.05, 3.63) is 33.8 Å². The second-order valence-electron chi connectivity index (χ2n) is 5.33. The number of halogens is 2. The first-order valence-electron chi connectivity index (χ1n) is 6.96. The molecule has 0 atom stereocenters. The van der Waals surface area contributed by atoms with Crippen LogP contribution in [0.2, 0.25) is 10.0 Å². The minimum absolute atomic E-state index is 0.154. The van der Waals surface area contributed by atoms with Gasteiger partial charge < -0.3 is 10.4 Å². The summed E-state index contributed by atoms with van der Waals surface area (Å²) in [5.74, 6) is -0.810. The molecule has 0 spiro atoms. The standard InChI is InChI=1S/C15H19Cl2NO2/c16-12-4-1-10(14(17)9-12)7-8-18-13-5-2-11(3-6-13)15(19)20/h1,4,9,11,13,18H,2-3,5-8H2,(H,19,20). The number of rotatable bonds is 5. The molecule has 1 aromatic rings. The largest absolute Gasteiger partial charge is 0.481 e. The first kappa shape index (κ1) is 15.6. The van der Waals surface area contributed by atoms with E-state index in [1.54, 1.807) is 6.07 Å². The van der Waals surface area contributed by atoms with Gasteiger partial charge in [0, 0.05) is 16.1 Å². The molecule has 1 fully saturated rings. The minimum atomic E-state index is -0.656. The van der Waals surface area contributed by atoms with Gasteiger partial charge in [0.1, 0.15) is 0 Å². The number of nitrogens with one attached hydrogen (secondary N) is 1. The van der Waals surface area contributed by atoms with E-state index in [0.717, 1.165) is 44.2 Å². The van der Waals surface area contributed by atoms with Crippen molar-refractivity contribution in [2.24, 2.45) is 5.92 Å². The zero-order valence-corrected chi connectivity index (χ0v) is 12.8. The predicted octanol–water partition coefficient (Wildman–Crippen LogP) is 3.77. The smallest absolute Gasteiger partial charge is 0.306 e. The zero-order chi connectivity index (χ0) is 14.5. The Bertz CT molecular complexity index is 471. The molecule has 0 heterocycles. The van der Waals surface area contributed by atoms with E-state index in [1.807, 2.05) is 12.1 Å². The maximum absolute atomic E-state index is 10.9. The van der Waals surface area contributed by atoms with Crippen molar-refractivity contribution in [2.45, 2.75) is 38.1 Å². The topological polar surface area (TPSA) is 49.3 Å². The fraction of sp³-hybridized carbons (Fsp3) is 0.533. The van der Waals surface area contributed by atoms with Crippen LogP contribution in [0.3, 0.4) is 0 Å². The third-order valence-electron chi connectivity index (χ3n) is 3.92. The molecular formula is C15H19Cl2NO2. The molecule has 2 N–H and O–H groups in total. The Morgan fingerprint density at radius 1 is 1.25 bits per heavy atom. The van der Waals surface area contributed by atoms with E-state index in [0.29, 0.717) is 16.1 Å². The average molecular weight is 316 g/mol. The van der Waals surface area contributed by atoms with Crippen molar-refractivity contribution < 1.29 is 9.90 Å². The van der Waals surface area contributed by atoms with Gasteiger partial charge in [0.05, 0.1) is 5.92 Å². The summed E-state index contributed by atoms with van der Waals surface area (Å²) in [5.41, 5.74) is 1.09. The zero-order valence-electron chi connectivity index (χ0n) is 11.2. The lowest BCUT2D eigenvalue weighted by Crippen LogP contribution is -2.36. The van der Waals surface area contributed by atoms with Crippen molar-refractivity contribution >= 4 is 29.2 Å². The Kier molecular flexibility index (Phi) is 5.70. The third-order valence-corrected chi connectivity index (χ3v) is 4.51. The van der Waals surface area contributed by atoms with Gasteiger partial charge in [0.15, 0.2) is 0 Å². The van der Waals surface area contributed by atoms with Crippen LogP contribution in [0.5, 0.6) is 0 Å². The quantitative estimate of drug-likeness (QED) is 0.869. The first-order chi connectivity index (χ1) is 9.56. The molecule has 0 aliphatic heterocycles. The van der Waals surface area contributed by atoms with Crippen LogP contribution in [0.25, 0.3) is 0 Å². The van der Waals surface area contributed by atoms with Crippen LogP contribution >= 0.6 is 23.2 Å². The Morgan fingerprint density at radius 2 is 1.95 bits per heavy atom. The molecule has 3 nitrogen and oxygen atoms in total. The molecule has 110 valence electrons. The van der Waals surface area contributed by atoms with E-state index >= 15 is 0 Å². The Morgan fingerprint density at radius 3 is 2.55 bits per heavy atom. The molecule has 0 bridgehead atoms. The summed E-state index contributed by atoms with van der Waals surface area (Å²) in [6, 6.07) is 5.99. The molecule has 5 heteroatoms. The molecule has 1 aromatic carbocycles. The van der Waals surface area contributed by atoms with Crippen LogP contribution < -0.4 is 5.32 Å². The molecular weight excluding hydrogens is 297 g/mol. The van der Waals surface area contributed by atoms with Crippen molar-refractivity contribution in [2.75, 3.05) is 6.54 Å². The number of benzene rings is 1. The van der Waals surface area contributed by atoms with Crippen LogP contribution in [0, 0.1) is 5.92 Å². The molecule has 0 unspecified atom stereocenters. The lowest BCUT2D eigenvalue weighted by molar-refractivity contribution is -0.142. The van der Waals surface area contributed by atoms with Gasteiger partial charge in [-0.1, -0.05) is 29.3 Å². The van der Waals surface area contributed by atoms with Gasteiger partial charge in [-0.15, -0.1) is 0 Å². The maximum Gasteiger partial charge on any atom is 0.306 e. The molecule has 0 saturated heterocycles. The van der Waals surface area contributed by atoms with Gasteiger partial charge in [-0.05, 0) is 56.3 Å². The first-order valence-corrected chi connectivity index (χ1v) is 7.72. The number of aliphatic carboxylic acids is 1. The number of carboxylic acids is 1. The monoisotopic (exact) mass is 315 g/mol. The Hall–Kier alpha value is -0.770. The summed E-state index contributed by atoms with van der Waals surface area (Å²) in [6.07, 6.45) is 4.27. The Balaban J connectivity index is 1.73. The van der Waals surface area contributed by atoms with E-state index < -0.39 is 5.97 Å². The van der Waals surface area contributed by atoms with Gasteiger partial charge in [-0.25, -0.2) is 0 Å². The lowest BCUT2D eigenvalue weighted by Gasteiger charge is -2.27. The molecule has 0 amide bonds. The average Bonchev–Trinajstić information content (AvgIpc) is 2.42. The van der Waals surface area contributed by atoms with Crippen molar-refractivity contribution in [1.29, 1.82) is 0 Å². The van der Waals surface area contributed by atoms with E-state index in [9.17, 15) is 4.79 Å². The molecule has 0 aromatic heterocycles. The van der Waals surface area contributed by atoms with Crippen LogP contribution in [-0.4, -0.2) is 23.7 Å². The molecule has 1 saturated carbocycles. The molecule has 0 radical (unpaired) electrons. The van der Waals surface area contributed by atoms with Crippen molar-refractivity contribution in [3.63, 3.8) is 0 Å². The fourth-order valence-electron chi connectivity index (χ4n) is 2.68. The van der Waals surface area contributed by atoms with Crippen LogP contribution in [0.1, 0.15) is 31.2 Å². The van der Waals surface area contributed by atoms with Crippen LogP contribution in [0.15, 0.2) is 18.2 Å². The molecule has 1 aliphatic rings. The maximum atomic E-state index is 10.9. The predicted molar refractivity (Wildman–Crippen MR) is 81.6 cm³/mol. The lowest BCUT2D eigenvalue weighted by atomic mass is 9.86. The fourth-order valence-corrected chi connectivity index (χ4v) is 3.18. The Labute approximate surface area is 129 Å². The molecule has 1 aliphatic carbocycles. The minimum Gasteiger partial charge on any atom is -0.481 e. The van der Waals surface area contributed by atoms with E-state index in [4.69, 9.17) is 28.3 Å². The molecule has 20 heavy (non-hydrogen) atoms. The van der Waals surface area contributed by atoms with Gasteiger partial charge in [-0.3, -0.25) is 4.79 Å². The highest BCUT2D eigenvalue weighted by atomic mass is 35.5. The summed E-state index contributed by atoms with van der Waals surface area (Å²) < 4.78 is 0. The van der Waals surface area contributed by atoms with Crippen molar-refractivity contribution in [3.8, 4) is 0 Å². The van der Waals surface area contributed by atoms with E-state index in [2.05, 4.69) is 5.32 Å². The highest BCUT2D eigenvalue weighted by Gasteiger charge is 2.25. The van der Waals surface area contributed by atoms with Gasteiger partial charge in [-0.2, -0.15) is 0 Å². The summed E-state index contributed by atoms with van der Waals surface area (Å²) in [5, 5.41) is 13.8. The normalized spacial score (nSPS) is 22.7. The van der Waals surface area contributed by atoms with Gasteiger partial charge in [0.2, 0.25) is 0 Å². The van der Waals surface area contributed by atoms with Gasteiger partial charge >= 0.3 is 5.97 Å². The van der Waals surface area contributed by atoms with E-state index in [1.165, 1.54) is 0 Å². The summed E-state index contributed by atoms with van der Waals surface area (Å²) in [7, 11) is 0. The van der Waals surface area contributed by atoms with Crippen molar-refractivity contribution in [1.82, 2.24) is 5.32 Å². The summed E-state index contributed by atoms with van der Waals surface area (Å²) in [6.45, 7) is 0.851. The number of hydrogen-bond donors (Lipinski definition) is 2. The second kappa shape index (κ2) is 7.30. The molecule has 2 rings (SSSR count). The van der Waals surface area contributed by atoms with Crippen LogP contribution in [-0.2, 0) is 11.2 Å². The number of carboxylic acid groups (broad SMARTS) is 1. The van der Waals surface area contributed by atoms with E-state index in [-0.39, 0.29) is 5.92 Å². The highest BCUT2D eigenvalue weighted by molar-refractivity contribution is 6.35. The van der Waals surface area contributed by atoms with Crippen LogP contribution in [0.4, 0.5) is 0 Å². The third kappa shape index (κ3) is 4.37. The summed E-state index contributed by atoms with van der Waals surface area (Å²) >= 11 is 12.0. The summed E-state index contributed by atoms with van der Waals surface area (Å²) in [4.78, 5) is 10.9. The highest BCUT2D eigenvalue weighted by Crippen LogP contribution is 2.25.